The van der Waals surface area contributed by atoms with Crippen LogP contribution in [0.5, 0.6) is 0 Å². The van der Waals surface area contributed by atoms with Crippen LogP contribution in [0.3, 0.4) is 0 Å². The molecule has 0 unspecified atom stereocenters. The third kappa shape index (κ3) is 3.44. The van der Waals surface area contributed by atoms with Gasteiger partial charge in [0.15, 0.2) is 0 Å². The van der Waals surface area contributed by atoms with Gasteiger partial charge >= 0.3 is 0 Å². The highest BCUT2D eigenvalue weighted by Crippen LogP contribution is 2.19. The Balaban J connectivity index is 2.18. The number of hydrogen-bond donors (Lipinski definition) is 1. The van der Waals surface area contributed by atoms with Crippen molar-refractivity contribution in [3.05, 3.63) is 0 Å². The number of methoxy groups -OCH3 is 1. The van der Waals surface area contributed by atoms with E-state index < -0.39 is 0 Å². The third-order valence-corrected chi connectivity index (χ3v) is 3.25. The first kappa shape index (κ1) is 13.8. The minimum Gasteiger partial charge on any atom is -0.383 e. The SMILES string of the molecule is CCN(CCOC)c1nc(N)nc(N2CCCC2)n1. The molecule has 1 aromatic heterocycles. The van der Waals surface area contributed by atoms with Crippen molar-refractivity contribution in [2.75, 3.05) is 55.4 Å². The normalized spacial score (nSPS) is 14.9. The van der Waals surface area contributed by atoms with Crippen molar-refractivity contribution < 1.29 is 4.74 Å². The topological polar surface area (TPSA) is 80.4 Å². The first-order valence-electron chi connectivity index (χ1n) is 6.75. The monoisotopic (exact) mass is 266 g/mol. The molecule has 0 aliphatic carbocycles. The molecule has 0 atom stereocenters. The van der Waals surface area contributed by atoms with Crippen LogP contribution in [0.2, 0.25) is 0 Å². The number of nitrogen functional groups attached to an aromatic ring is 1. The van der Waals surface area contributed by atoms with E-state index in [-0.39, 0.29) is 5.95 Å². The summed E-state index contributed by atoms with van der Waals surface area (Å²) in [4.78, 5) is 17.2. The molecule has 2 rings (SSSR count). The predicted octanol–water partition coefficient (Wildman–Crippen LogP) is 0.527. The van der Waals surface area contributed by atoms with Crippen molar-refractivity contribution in [1.82, 2.24) is 15.0 Å². The smallest absolute Gasteiger partial charge is 0.232 e. The van der Waals surface area contributed by atoms with Gasteiger partial charge in [0.25, 0.3) is 0 Å². The number of aromatic nitrogens is 3. The molecule has 1 aliphatic heterocycles. The standard InChI is InChI=1S/C12H22N6O/c1-3-17(8-9-19-2)11-14-10(13)15-12(16-11)18-6-4-5-7-18/h3-9H2,1-2H3,(H2,13,14,15,16). The van der Waals surface area contributed by atoms with Gasteiger partial charge in [0, 0.05) is 33.3 Å². The van der Waals surface area contributed by atoms with Crippen LogP contribution >= 0.6 is 0 Å². The Hall–Kier alpha value is -1.63. The van der Waals surface area contributed by atoms with E-state index in [1.165, 1.54) is 12.8 Å². The summed E-state index contributed by atoms with van der Waals surface area (Å²) in [5.74, 6) is 1.60. The van der Waals surface area contributed by atoms with Crippen LogP contribution in [0.1, 0.15) is 19.8 Å². The maximum atomic E-state index is 5.80. The molecule has 0 aromatic carbocycles. The molecule has 1 saturated heterocycles. The molecule has 19 heavy (non-hydrogen) atoms. The summed E-state index contributed by atoms with van der Waals surface area (Å²) in [5, 5.41) is 0. The molecule has 0 radical (unpaired) electrons. The lowest BCUT2D eigenvalue weighted by Crippen LogP contribution is -2.30. The molecule has 0 amide bonds. The summed E-state index contributed by atoms with van der Waals surface area (Å²) in [6, 6.07) is 0. The Kier molecular flexibility index (Phi) is 4.73. The van der Waals surface area contributed by atoms with E-state index in [0.29, 0.717) is 18.5 Å². The van der Waals surface area contributed by atoms with E-state index in [0.717, 1.165) is 26.2 Å². The lowest BCUT2D eigenvalue weighted by Gasteiger charge is -2.22. The fourth-order valence-electron chi connectivity index (χ4n) is 2.17. The Bertz CT molecular complexity index is 407. The van der Waals surface area contributed by atoms with Gasteiger partial charge in [-0.25, -0.2) is 0 Å². The molecular weight excluding hydrogens is 244 g/mol. The first-order chi connectivity index (χ1) is 9.24. The molecule has 0 spiro atoms. The summed E-state index contributed by atoms with van der Waals surface area (Å²) >= 11 is 0. The van der Waals surface area contributed by atoms with E-state index in [2.05, 4.69) is 26.8 Å². The Labute approximate surface area is 113 Å². The van der Waals surface area contributed by atoms with E-state index in [1.807, 2.05) is 4.90 Å². The highest BCUT2D eigenvalue weighted by molar-refractivity contribution is 5.43. The van der Waals surface area contributed by atoms with Crippen LogP contribution in [0, 0.1) is 0 Å². The summed E-state index contributed by atoms with van der Waals surface area (Å²) in [6.07, 6.45) is 2.37. The average Bonchev–Trinajstić information content (AvgIpc) is 2.93. The lowest BCUT2D eigenvalue weighted by molar-refractivity contribution is 0.205. The largest absolute Gasteiger partial charge is 0.383 e. The number of likely N-dealkylation sites (N-methyl/N-ethyl adjacent to an activating group) is 1. The van der Waals surface area contributed by atoms with E-state index in [4.69, 9.17) is 10.5 Å². The van der Waals surface area contributed by atoms with Gasteiger partial charge in [-0.3, -0.25) is 0 Å². The number of nitrogens with two attached hydrogens (primary N) is 1. The van der Waals surface area contributed by atoms with Crippen molar-refractivity contribution in [2.24, 2.45) is 0 Å². The maximum Gasteiger partial charge on any atom is 0.232 e. The number of hydrogen-bond acceptors (Lipinski definition) is 7. The minimum atomic E-state index is 0.280. The summed E-state index contributed by atoms with van der Waals surface area (Å²) in [5.41, 5.74) is 5.80. The van der Waals surface area contributed by atoms with Gasteiger partial charge in [0.1, 0.15) is 0 Å². The minimum absolute atomic E-state index is 0.280. The molecule has 1 fully saturated rings. The van der Waals surface area contributed by atoms with Gasteiger partial charge in [-0.1, -0.05) is 0 Å². The van der Waals surface area contributed by atoms with Gasteiger partial charge in [-0.05, 0) is 19.8 Å². The van der Waals surface area contributed by atoms with Gasteiger partial charge in [0.05, 0.1) is 6.61 Å². The molecule has 1 aliphatic rings. The Morgan fingerprint density at radius 2 is 2.00 bits per heavy atom. The Morgan fingerprint density at radius 3 is 2.63 bits per heavy atom. The second kappa shape index (κ2) is 6.51. The predicted molar refractivity (Wildman–Crippen MR) is 75.4 cm³/mol. The summed E-state index contributed by atoms with van der Waals surface area (Å²) < 4.78 is 5.10. The molecule has 7 heteroatoms. The Morgan fingerprint density at radius 1 is 1.26 bits per heavy atom. The zero-order chi connectivity index (χ0) is 13.7. The number of rotatable bonds is 6. The summed E-state index contributed by atoms with van der Waals surface area (Å²) in [6.45, 7) is 6.24. The molecular formula is C12H22N6O. The molecule has 7 nitrogen and oxygen atoms in total. The number of ether oxygens (including phenoxy) is 1. The van der Waals surface area contributed by atoms with Crippen molar-refractivity contribution in [1.29, 1.82) is 0 Å². The van der Waals surface area contributed by atoms with Crippen LogP contribution in [0.4, 0.5) is 17.8 Å². The quantitative estimate of drug-likeness (QED) is 0.804. The molecule has 106 valence electrons. The van der Waals surface area contributed by atoms with E-state index in [1.54, 1.807) is 7.11 Å². The van der Waals surface area contributed by atoms with Gasteiger partial charge < -0.3 is 20.3 Å². The van der Waals surface area contributed by atoms with Crippen LogP contribution in [-0.4, -0.2) is 54.8 Å². The van der Waals surface area contributed by atoms with Gasteiger partial charge in [0.2, 0.25) is 17.8 Å². The molecule has 0 bridgehead atoms. The molecule has 2 N–H and O–H groups in total. The fourth-order valence-corrected chi connectivity index (χ4v) is 2.17. The van der Waals surface area contributed by atoms with Gasteiger partial charge in [-0.15, -0.1) is 0 Å². The van der Waals surface area contributed by atoms with Crippen LogP contribution < -0.4 is 15.5 Å². The second-order valence-corrected chi connectivity index (χ2v) is 4.56. The molecule has 2 heterocycles. The van der Waals surface area contributed by atoms with Gasteiger partial charge in [-0.2, -0.15) is 15.0 Å². The number of nitrogens with zero attached hydrogens (tertiary/aromatic N) is 5. The van der Waals surface area contributed by atoms with Crippen LogP contribution in [0.25, 0.3) is 0 Å². The van der Waals surface area contributed by atoms with Crippen molar-refractivity contribution in [2.45, 2.75) is 19.8 Å². The van der Waals surface area contributed by atoms with Crippen LogP contribution in [-0.2, 0) is 4.74 Å². The molecule has 0 saturated carbocycles. The average molecular weight is 266 g/mol. The highest BCUT2D eigenvalue weighted by Gasteiger charge is 2.18. The molecule has 1 aromatic rings. The third-order valence-electron chi connectivity index (χ3n) is 3.25. The van der Waals surface area contributed by atoms with Crippen molar-refractivity contribution in [3.63, 3.8) is 0 Å². The summed E-state index contributed by atoms with van der Waals surface area (Å²) in [7, 11) is 1.69. The van der Waals surface area contributed by atoms with E-state index >= 15 is 0 Å². The fraction of sp³-hybridized carbons (Fsp3) is 0.750. The maximum absolute atomic E-state index is 5.80. The number of anilines is 3. The highest BCUT2D eigenvalue weighted by atomic mass is 16.5. The first-order valence-corrected chi connectivity index (χ1v) is 6.75. The zero-order valence-corrected chi connectivity index (χ0v) is 11.7. The van der Waals surface area contributed by atoms with Crippen molar-refractivity contribution in [3.8, 4) is 0 Å². The zero-order valence-electron chi connectivity index (χ0n) is 11.7. The lowest BCUT2D eigenvalue weighted by atomic mass is 10.4. The van der Waals surface area contributed by atoms with Crippen LogP contribution in [0.15, 0.2) is 0 Å². The van der Waals surface area contributed by atoms with Crippen molar-refractivity contribution >= 4 is 17.8 Å². The van der Waals surface area contributed by atoms with E-state index in [9.17, 15) is 0 Å². The second-order valence-electron chi connectivity index (χ2n) is 4.56.